The van der Waals surface area contributed by atoms with Gasteiger partial charge < -0.3 is 25.2 Å². The minimum atomic E-state index is -0.287. The summed E-state index contributed by atoms with van der Waals surface area (Å²) in [7, 11) is 1.54. The van der Waals surface area contributed by atoms with Crippen LogP contribution in [-0.4, -0.2) is 56.5 Å². The molecule has 0 fully saturated rings. The fourth-order valence-corrected chi connectivity index (χ4v) is 4.77. The number of methoxy groups -OCH3 is 1. The van der Waals surface area contributed by atoms with Crippen molar-refractivity contribution >= 4 is 23.2 Å². The fraction of sp³-hybridized carbons (Fsp3) is 0.333. The molecule has 37 heavy (non-hydrogen) atoms. The first-order valence-corrected chi connectivity index (χ1v) is 12.9. The largest absolute Gasteiger partial charge is 0.496 e. The van der Waals surface area contributed by atoms with Gasteiger partial charge in [0.25, 0.3) is 11.8 Å². The second-order valence-corrected chi connectivity index (χ2v) is 9.11. The summed E-state index contributed by atoms with van der Waals surface area (Å²) in [5, 5.41) is 6.03. The molecule has 0 saturated heterocycles. The second kappa shape index (κ2) is 12.4. The highest BCUT2D eigenvalue weighted by Crippen LogP contribution is 2.30. The number of likely N-dealkylation sites (N-methyl/N-ethyl adjacent to an activating group) is 1. The third-order valence-electron chi connectivity index (χ3n) is 6.93. The lowest BCUT2D eigenvalue weighted by Crippen LogP contribution is -2.36. The molecule has 0 aromatic heterocycles. The van der Waals surface area contributed by atoms with Crippen LogP contribution < -0.4 is 20.3 Å². The molecule has 7 nitrogen and oxygen atoms in total. The number of amides is 2. The van der Waals surface area contributed by atoms with Crippen molar-refractivity contribution < 1.29 is 14.3 Å². The number of fused-ring (bicyclic) bond motifs is 1. The van der Waals surface area contributed by atoms with Crippen LogP contribution in [0.3, 0.4) is 0 Å². The van der Waals surface area contributed by atoms with Gasteiger partial charge in [-0.05, 0) is 61.0 Å². The lowest BCUT2D eigenvalue weighted by Gasteiger charge is -2.32. The van der Waals surface area contributed by atoms with Gasteiger partial charge in [0.2, 0.25) is 0 Å². The molecule has 2 N–H and O–H groups in total. The number of benzene rings is 3. The Morgan fingerprint density at radius 2 is 1.65 bits per heavy atom. The van der Waals surface area contributed by atoms with Crippen LogP contribution >= 0.6 is 0 Å². The van der Waals surface area contributed by atoms with Gasteiger partial charge in [0.1, 0.15) is 5.75 Å². The number of anilines is 2. The first-order chi connectivity index (χ1) is 18.0. The van der Waals surface area contributed by atoms with Crippen LogP contribution in [-0.2, 0) is 13.0 Å². The third-order valence-corrected chi connectivity index (χ3v) is 6.93. The van der Waals surface area contributed by atoms with Crippen molar-refractivity contribution in [2.24, 2.45) is 0 Å². The maximum absolute atomic E-state index is 13.4. The monoisotopic (exact) mass is 500 g/mol. The number of rotatable bonds is 10. The van der Waals surface area contributed by atoms with Crippen molar-refractivity contribution in [1.82, 2.24) is 10.2 Å². The van der Waals surface area contributed by atoms with Gasteiger partial charge in [-0.3, -0.25) is 9.59 Å². The zero-order valence-corrected chi connectivity index (χ0v) is 21.9. The zero-order valence-electron chi connectivity index (χ0n) is 21.9. The smallest absolute Gasteiger partial charge is 0.259 e. The predicted octanol–water partition coefficient (Wildman–Crippen LogP) is 4.58. The molecule has 2 amide bonds. The van der Waals surface area contributed by atoms with Crippen LogP contribution in [0, 0.1) is 0 Å². The highest BCUT2D eigenvalue weighted by Gasteiger charge is 2.22. The van der Waals surface area contributed by atoms with Crippen molar-refractivity contribution in [3.8, 4) is 5.75 Å². The van der Waals surface area contributed by atoms with E-state index in [0.29, 0.717) is 29.1 Å². The van der Waals surface area contributed by atoms with Crippen molar-refractivity contribution in [2.75, 3.05) is 50.1 Å². The maximum atomic E-state index is 13.4. The second-order valence-electron chi connectivity index (χ2n) is 9.11. The van der Waals surface area contributed by atoms with Crippen LogP contribution in [0.1, 0.15) is 45.7 Å². The Morgan fingerprint density at radius 3 is 2.41 bits per heavy atom. The Balaban J connectivity index is 1.59. The van der Waals surface area contributed by atoms with Crippen LogP contribution in [0.4, 0.5) is 11.4 Å². The van der Waals surface area contributed by atoms with Gasteiger partial charge in [-0.1, -0.05) is 50.2 Å². The van der Waals surface area contributed by atoms with Gasteiger partial charge in [-0.25, -0.2) is 0 Å². The number of nitrogens with one attached hydrogen (secondary N) is 2. The minimum absolute atomic E-state index is 0.144. The summed E-state index contributed by atoms with van der Waals surface area (Å²) in [6, 6.07) is 21.1. The number of hydrogen-bond donors (Lipinski definition) is 2. The Hall–Kier alpha value is -3.84. The Bertz CT molecular complexity index is 1240. The number of para-hydroxylation sites is 1. The molecule has 3 aromatic rings. The Morgan fingerprint density at radius 1 is 0.919 bits per heavy atom. The van der Waals surface area contributed by atoms with Crippen molar-refractivity contribution in [3.63, 3.8) is 0 Å². The topological polar surface area (TPSA) is 73.9 Å². The van der Waals surface area contributed by atoms with Crippen molar-refractivity contribution in [2.45, 2.75) is 26.8 Å². The van der Waals surface area contributed by atoms with Crippen LogP contribution in [0.25, 0.3) is 0 Å². The first-order valence-electron chi connectivity index (χ1n) is 12.9. The van der Waals surface area contributed by atoms with Crippen molar-refractivity contribution in [3.05, 3.63) is 89.0 Å². The number of ether oxygens (including phenoxy) is 1. The summed E-state index contributed by atoms with van der Waals surface area (Å²) in [6.45, 7) is 9.02. The minimum Gasteiger partial charge on any atom is -0.496 e. The number of nitrogens with zero attached hydrogens (tertiary/aromatic N) is 2. The molecule has 4 rings (SSSR count). The Labute approximate surface area is 219 Å². The summed E-state index contributed by atoms with van der Waals surface area (Å²) < 4.78 is 5.34. The number of hydrogen-bond acceptors (Lipinski definition) is 5. The number of carbonyl (C=O) groups excluding carboxylic acids is 2. The quantitative estimate of drug-likeness (QED) is 0.426. The van der Waals surface area contributed by atoms with E-state index < -0.39 is 0 Å². The molecule has 0 saturated carbocycles. The molecule has 1 aliphatic rings. The molecular weight excluding hydrogens is 464 g/mol. The van der Waals surface area contributed by atoms with Crippen LogP contribution in [0.15, 0.2) is 66.7 Å². The Kier molecular flexibility index (Phi) is 8.80. The summed E-state index contributed by atoms with van der Waals surface area (Å²) in [4.78, 5) is 30.9. The zero-order chi connectivity index (χ0) is 26.2. The number of carbonyl (C=O) groups is 2. The SMILES string of the molecule is CCN(CC)CCNC(=O)c1cc(NC(=O)c2ccccc2OC)ccc1N1CCc2ccccc2C1. The molecule has 0 aliphatic carbocycles. The predicted molar refractivity (Wildman–Crippen MR) is 149 cm³/mol. The molecule has 0 spiro atoms. The van der Waals surface area contributed by atoms with Gasteiger partial charge in [-0.15, -0.1) is 0 Å². The highest BCUT2D eigenvalue weighted by molar-refractivity contribution is 6.07. The summed E-state index contributed by atoms with van der Waals surface area (Å²) in [5.41, 5.74) is 5.04. The molecule has 0 bridgehead atoms. The molecule has 0 radical (unpaired) electrons. The lowest BCUT2D eigenvalue weighted by molar-refractivity contribution is 0.0948. The average molecular weight is 501 g/mol. The van der Waals surface area contributed by atoms with Crippen LogP contribution in [0.2, 0.25) is 0 Å². The first kappa shape index (κ1) is 26.2. The van der Waals surface area contributed by atoms with Gasteiger partial charge in [-0.2, -0.15) is 0 Å². The summed E-state index contributed by atoms with van der Waals surface area (Å²) in [6.07, 6.45) is 0.922. The lowest BCUT2D eigenvalue weighted by atomic mass is 9.98. The van der Waals surface area contributed by atoms with E-state index in [9.17, 15) is 9.59 Å². The normalized spacial score (nSPS) is 12.7. The molecule has 0 atom stereocenters. The van der Waals surface area contributed by atoms with Gasteiger partial charge in [0.05, 0.1) is 18.2 Å². The molecule has 194 valence electrons. The average Bonchev–Trinajstić information content (AvgIpc) is 2.94. The van der Waals surface area contributed by atoms with Crippen molar-refractivity contribution in [1.29, 1.82) is 0 Å². The van der Waals surface area contributed by atoms with Gasteiger partial charge >= 0.3 is 0 Å². The maximum Gasteiger partial charge on any atom is 0.259 e. The molecular formula is C30H36N4O3. The molecule has 7 heteroatoms. The van der Waals surface area contributed by atoms with Gasteiger partial charge in [0.15, 0.2) is 0 Å². The van der Waals surface area contributed by atoms with E-state index >= 15 is 0 Å². The van der Waals surface area contributed by atoms with E-state index in [4.69, 9.17) is 4.74 Å². The molecule has 1 aliphatic heterocycles. The summed E-state index contributed by atoms with van der Waals surface area (Å²) >= 11 is 0. The fourth-order valence-electron chi connectivity index (χ4n) is 4.77. The van der Waals surface area contributed by atoms with Gasteiger partial charge in [0, 0.05) is 37.6 Å². The van der Waals surface area contributed by atoms with E-state index in [1.807, 2.05) is 18.2 Å². The van der Waals surface area contributed by atoms with E-state index in [2.05, 4.69) is 58.5 Å². The third kappa shape index (κ3) is 6.30. The van der Waals surface area contributed by atoms with E-state index in [1.54, 1.807) is 31.4 Å². The summed E-state index contributed by atoms with van der Waals surface area (Å²) in [5.74, 6) is 0.0670. The molecule has 3 aromatic carbocycles. The molecule has 1 heterocycles. The van der Waals surface area contributed by atoms with E-state index in [0.717, 1.165) is 44.8 Å². The molecule has 0 unspecified atom stereocenters. The van der Waals surface area contributed by atoms with E-state index in [1.165, 1.54) is 11.1 Å². The van der Waals surface area contributed by atoms with E-state index in [-0.39, 0.29) is 11.8 Å². The standard InChI is InChI=1S/C30H36N4O3/c1-4-33(5-2)19-17-31-29(35)26-20-24(32-30(36)25-12-8-9-13-28(25)37-3)14-15-27(26)34-18-16-22-10-6-7-11-23(22)21-34/h6-15,20H,4-5,16-19,21H2,1-3H3,(H,31,35)(H,32,36). The highest BCUT2D eigenvalue weighted by atomic mass is 16.5. The van der Waals surface area contributed by atoms with Crippen LogP contribution in [0.5, 0.6) is 5.75 Å².